The molecule has 4 aromatic carbocycles. The van der Waals surface area contributed by atoms with E-state index in [0.29, 0.717) is 28.2 Å². The largest absolute Gasteiger partial charge is 0.497 e. The van der Waals surface area contributed by atoms with Crippen molar-refractivity contribution in [1.82, 2.24) is 19.5 Å². The van der Waals surface area contributed by atoms with Crippen LogP contribution >= 0.6 is 0 Å². The van der Waals surface area contributed by atoms with Crippen LogP contribution in [-0.2, 0) is 33.8 Å². The summed E-state index contributed by atoms with van der Waals surface area (Å²) in [5.74, 6) is 145. The Bertz CT molecular complexity index is 8030. The third-order valence-corrected chi connectivity index (χ3v) is 21.0. The SMILES string of the molecule is C#CC#CC#CC#CC#CC#CC#CC#CC#CC#CC#COc1cc(C(=O)Nc2nc3c(ncn3[C@@H]3O[C@H](COC(c4ccccc4)(c4ccc(OC)cc4)c4ccc(OC)cc4)[C@H](OC(=O)CCC(C)=O)C3O[Si](C)(C)C(C)(C)C)c(=O)[nH]2)cc(OC#CC#CC#CC#CC#CC#CC#CC#CC#CC#CC#C)c1OC#CC#CC#CC#CC#CC#CC#CC#CC#CC#CC#C.[HH].[HH].[HH].[HH].[HH].[HH].[HH].[HH].[HH].[HH].[HH].[HH].[HH].[HH].[HH].[HH].[HH].[HH].[HH].[HH].[HH].[HH].[HH].[HH].[HH].[HH].[HH].[HH].[HH].[HH].[HH].[HH].[HH].[HH].[HH].[HH].[HH].[HH].[HH].[HH].[HH].[HH].[HH].[HH].[HH].[HH].[HH].[HH].[HH].[HH].[HH].[HH].[HH].[HH].[HH].[HH].[HH].[HH].[HH].[HH].[HH].[HH].[HH].[HH].[HH].[HH]. The van der Waals surface area contributed by atoms with E-state index in [1.165, 1.54) is 30.0 Å². The molecule has 1 unspecified atom stereocenters. The van der Waals surface area contributed by atoms with Gasteiger partial charge in [0.05, 0.1) is 33.6 Å². The number of H-pyrrole nitrogens is 1. The maximum absolute atomic E-state index is 15.0. The quantitative estimate of drug-likeness (QED) is 0.0315. The minimum absolute atomic E-state index is 0. The molecule has 6 aromatic rings. The van der Waals surface area contributed by atoms with Gasteiger partial charge in [0.25, 0.3) is 11.5 Å². The standard InChI is InChI=1S/C115H55N5O13Si.66H2/c1-12-15-18-21-24-27-30-33-36-39-42-45-48-51-54-57-60-63-66-72-87-127-101-90-95(91-102(128-88-73-67-64-61-58-55-52-49-46-43-40-37-34-31-28-25-22-19-16-13-2)106(101)129-89-74-68-65-62-59-56-53-50-47-44-41-38-35-32-29-26-23-20-17-14-3)110(123)118-113-117-109-105(111(124)119-113)116-93-120(109)112-108(133-134(10,11)114(5,6)7)107(132-104(122)86-77-94(4)121)103(131-112)92-130-115(96-75-70-69-71-76-96,97-78-82-99(125-8)83-79-97)98-80-84-100(126-9)85-81-98;;;;;;;;;;;;;;;;;;;;;;;;;;;;;;;;;;;;;;;;;;;;;;;;;;;;;;;;;;;;;;;;;;/h1-3,69-71,75-76,78-85,90-91,93,103,107-108,112H,77,86,92H2,4-11H3,(H2,117,118,119,123,124);66*1H/t103-,107+,108?,112-;;;;;;;;;;;;;;;;;;;;;;;;;;;;;;;;;;;;;;;;;;;;;;;;;;;;;;;;;;;;;;;;;;/m1................................................................../s1. The van der Waals surface area contributed by atoms with Crippen molar-refractivity contribution in [3.05, 3.63) is 130 Å². The Balaban J connectivity index is -0.0000000512. The highest BCUT2D eigenvalue weighted by Gasteiger charge is 2.54. The highest BCUT2D eigenvalue weighted by molar-refractivity contribution is 6.74. The van der Waals surface area contributed by atoms with E-state index in [-0.39, 0.29) is 153 Å². The molecule has 0 aliphatic carbocycles. The molecular formula is C115H187N5O13Si. The zero-order chi connectivity index (χ0) is 95.8. The van der Waals surface area contributed by atoms with Gasteiger partial charge in [-0.2, -0.15) is 4.98 Å². The Morgan fingerprint density at radius 1 is 0.470 bits per heavy atom. The second kappa shape index (κ2) is 57.0. The summed E-state index contributed by atoms with van der Waals surface area (Å²) < 4.78 is 58.8. The molecule has 1 fully saturated rings. The molecule has 4 atom stereocenters. The first-order valence-corrected chi connectivity index (χ1v) is 41.1. The first kappa shape index (κ1) is 99.5. The fourth-order valence-corrected chi connectivity index (χ4v) is 11.2. The van der Waals surface area contributed by atoms with Gasteiger partial charge in [-0.25, -0.2) is 4.98 Å². The van der Waals surface area contributed by atoms with Crippen LogP contribution in [0.1, 0.15) is 168 Å². The Kier molecular flexibility index (Phi) is 42.3. The van der Waals surface area contributed by atoms with Crippen LogP contribution in [0.2, 0.25) is 18.1 Å². The number of aromatic nitrogens is 4. The Hall–Kier alpha value is -21.6. The number of esters is 1. The first-order valence-electron chi connectivity index (χ1n) is 38.2. The van der Waals surface area contributed by atoms with E-state index < -0.39 is 66.9 Å². The van der Waals surface area contributed by atoms with Gasteiger partial charge < -0.3 is 47.1 Å². The molecule has 1 saturated heterocycles. The van der Waals surface area contributed by atoms with Crippen LogP contribution in [0.5, 0.6) is 28.7 Å². The number of benzene rings is 4. The van der Waals surface area contributed by atoms with Crippen molar-refractivity contribution >= 4 is 43.1 Å². The van der Waals surface area contributed by atoms with Crippen molar-refractivity contribution in [3.63, 3.8) is 0 Å². The number of nitrogens with one attached hydrogen (secondary N) is 2. The third-order valence-electron chi connectivity index (χ3n) is 16.5. The van der Waals surface area contributed by atoms with E-state index in [2.05, 4.69) is 389 Å². The van der Waals surface area contributed by atoms with Gasteiger partial charge in [0.2, 0.25) is 11.7 Å². The fraction of sp³-hybridized carbons (Fsp3) is 0.148. The average Bonchev–Trinajstić information content (AvgIpc) is 1.52. The summed E-state index contributed by atoms with van der Waals surface area (Å²) in [5.41, 5.74) is -0.857. The number of rotatable bonds is 20. The summed E-state index contributed by atoms with van der Waals surface area (Å²) in [6.07, 6.45) is 18.2. The van der Waals surface area contributed by atoms with Gasteiger partial charge in [-0.05, 0) is 220 Å². The van der Waals surface area contributed by atoms with Gasteiger partial charge in [-0.15, -0.1) is 19.3 Å². The van der Waals surface area contributed by atoms with Crippen LogP contribution in [0.15, 0.2) is 102 Å². The molecule has 1 aliphatic rings. The summed E-state index contributed by atoms with van der Waals surface area (Å²) in [7, 11) is 0.126. The van der Waals surface area contributed by atoms with Crippen molar-refractivity contribution in [2.45, 2.75) is 88.8 Å². The van der Waals surface area contributed by atoms with E-state index in [4.69, 9.17) is 66.6 Å². The van der Waals surface area contributed by atoms with E-state index in [1.54, 1.807) is 14.2 Å². The van der Waals surface area contributed by atoms with Crippen molar-refractivity contribution in [2.24, 2.45) is 0 Å². The number of ketones is 1. The number of terminal acetylenes is 3. The van der Waals surface area contributed by atoms with Crippen LogP contribution in [0.3, 0.4) is 0 Å². The van der Waals surface area contributed by atoms with E-state index in [0.717, 1.165) is 0 Å². The summed E-state index contributed by atoms with van der Waals surface area (Å²) in [4.78, 5) is 68.2. The van der Waals surface area contributed by atoms with Crippen LogP contribution < -0.4 is 34.6 Å². The predicted octanol–water partition coefficient (Wildman–Crippen LogP) is 24.2. The molecule has 7 rings (SSSR count). The molecule has 754 valence electrons. The van der Waals surface area contributed by atoms with Crippen LogP contribution in [-0.4, -0.2) is 84.6 Å². The van der Waals surface area contributed by atoms with Gasteiger partial charge in [0.1, 0.15) is 53.4 Å². The van der Waals surface area contributed by atoms with Crippen LogP contribution in [0.4, 0.5) is 5.95 Å². The highest BCUT2D eigenvalue weighted by atomic mass is 28.4. The number of amides is 1. The van der Waals surface area contributed by atoms with E-state index in [9.17, 15) is 14.4 Å². The molecular weight excluding hydrogens is 1690 g/mol. The number of nitrogens with zero attached hydrogens (tertiary/aromatic N) is 3. The molecule has 2 aromatic heterocycles. The Morgan fingerprint density at radius 3 is 1.16 bits per heavy atom. The molecule has 19 heteroatoms. The maximum Gasteiger partial charge on any atom is 0.306 e. The Morgan fingerprint density at radius 2 is 0.813 bits per heavy atom. The Labute approximate surface area is 878 Å². The number of imidazole rings is 1. The van der Waals surface area contributed by atoms with Gasteiger partial charge >= 0.3 is 5.97 Å². The lowest BCUT2D eigenvalue weighted by molar-refractivity contribution is -0.159. The topological polar surface area (TPSA) is 210 Å². The molecule has 1 amide bonds. The maximum atomic E-state index is 15.0. The summed E-state index contributed by atoms with van der Waals surface area (Å²) in [5, 5.41) is 2.16. The summed E-state index contributed by atoms with van der Waals surface area (Å²) in [6.45, 7) is 11.1. The number of anilines is 1. The number of hydrogen-bond donors (Lipinski definition) is 2. The molecule has 0 spiro atoms. The third kappa shape index (κ3) is 34.6. The monoisotopic (exact) mass is 1870 g/mol. The molecule has 0 radical (unpaired) electrons. The normalized spacial score (nSPS) is 10.9. The zero-order valence-corrected chi connectivity index (χ0v) is 73.0. The van der Waals surface area contributed by atoms with Gasteiger partial charge in [-0.3, -0.25) is 29.3 Å². The van der Waals surface area contributed by atoms with Gasteiger partial charge in [0.15, 0.2) is 43.3 Å². The summed E-state index contributed by atoms with van der Waals surface area (Å²) in [6, 6.07) is 26.6. The molecule has 2 N–H and O–H groups in total. The number of fused-ring (bicyclic) bond motifs is 1. The van der Waals surface area contributed by atoms with Crippen LogP contribution in [0, 0.1) is 393 Å². The minimum Gasteiger partial charge on any atom is -0.497 e. The minimum atomic E-state index is -2.99. The number of carbonyl (C=O) groups is 3. The fourth-order valence-electron chi connectivity index (χ4n) is 9.95. The van der Waals surface area contributed by atoms with Crippen molar-refractivity contribution < 1.29 is 151 Å². The first-order chi connectivity index (χ1) is 65.4. The lowest BCUT2D eigenvalue weighted by Crippen LogP contribution is -2.50. The summed E-state index contributed by atoms with van der Waals surface area (Å²) >= 11 is 0. The zero-order valence-electron chi connectivity index (χ0n) is 72.0. The average molecular weight is 1880 g/mol. The van der Waals surface area contributed by atoms with Gasteiger partial charge in [-0.1, -0.05) is 75.4 Å². The number of methoxy groups -OCH3 is 2. The second-order valence-electron chi connectivity index (χ2n) is 26.0. The number of hydrogen-bond acceptors (Lipinski definition) is 15. The van der Waals surface area contributed by atoms with Crippen molar-refractivity contribution in [1.29, 1.82) is 0 Å². The molecule has 0 bridgehead atoms. The van der Waals surface area contributed by atoms with E-state index in [1.807, 2.05) is 113 Å². The number of carbonyl (C=O) groups excluding carboxylic acids is 3. The molecule has 3 heterocycles. The highest BCUT2D eigenvalue weighted by Crippen LogP contribution is 2.47. The lowest BCUT2D eigenvalue weighted by Gasteiger charge is -2.40. The molecule has 1 aliphatic heterocycles. The number of Topliss-reactive ketones (excluding diaryl/α,β-unsaturated/α-hetero) is 1. The molecule has 18 nitrogen and oxygen atoms in total. The smallest absolute Gasteiger partial charge is 0.306 e. The molecule has 134 heavy (non-hydrogen) atoms. The number of ether oxygens (including phenoxy) is 8. The van der Waals surface area contributed by atoms with Crippen LogP contribution in [0.25, 0.3) is 11.2 Å². The molecule has 0 saturated carbocycles. The van der Waals surface area contributed by atoms with Gasteiger partial charge in [0, 0.05) is 319 Å². The van der Waals surface area contributed by atoms with E-state index >= 15 is 4.79 Å². The second-order valence-corrected chi connectivity index (χ2v) is 30.8. The lowest BCUT2D eigenvalue weighted by atomic mass is 9.80. The number of aromatic amines is 1. The van der Waals surface area contributed by atoms with Crippen molar-refractivity contribution in [2.75, 3.05) is 26.1 Å². The predicted molar refractivity (Wildman–Crippen MR) is 648 cm³/mol. The van der Waals surface area contributed by atoms with Crippen molar-refractivity contribution in [3.8, 4) is 422 Å².